The number of aromatic amines is 1. The number of pyridine rings is 1. The molecule has 1 amide bonds. The van der Waals surface area contributed by atoms with Gasteiger partial charge in [-0.25, -0.2) is 0 Å². The van der Waals surface area contributed by atoms with Crippen LogP contribution in [-0.2, 0) is 0 Å². The second kappa shape index (κ2) is 5.67. The van der Waals surface area contributed by atoms with Gasteiger partial charge in [-0.1, -0.05) is 6.07 Å². The Kier molecular flexibility index (Phi) is 3.97. The number of piperazine rings is 1. The van der Waals surface area contributed by atoms with Crippen LogP contribution in [-0.4, -0.2) is 52.9 Å². The normalized spacial score (nSPS) is 17.8. The monoisotopic (exact) mass is 260 g/mol. The lowest BCUT2D eigenvalue weighted by atomic mass is 10.2. The van der Waals surface area contributed by atoms with Gasteiger partial charge in [0.15, 0.2) is 0 Å². The van der Waals surface area contributed by atoms with E-state index in [-0.39, 0.29) is 17.5 Å². The number of hydrogen-bond acceptors (Lipinski definition) is 4. The molecule has 0 aromatic carbocycles. The predicted octanol–water partition coefficient (Wildman–Crippen LogP) is 0.0448. The standard InChI is InChI=1S/C13H16N4O2/c1-10(9-14)16-5-7-17(8-6-16)13(19)11-3-2-4-12(18)15-11/h2-4,10H,5-8H2,1H3,(H,15,18). The van der Waals surface area contributed by atoms with Crippen molar-refractivity contribution < 1.29 is 4.79 Å². The molecule has 6 heteroatoms. The third-order valence-corrected chi connectivity index (χ3v) is 3.33. The second-order valence-electron chi connectivity index (χ2n) is 4.56. The topological polar surface area (TPSA) is 80.2 Å². The minimum Gasteiger partial charge on any atom is -0.335 e. The Morgan fingerprint density at radius 1 is 1.37 bits per heavy atom. The van der Waals surface area contributed by atoms with Gasteiger partial charge in [0.2, 0.25) is 5.56 Å². The molecule has 2 heterocycles. The van der Waals surface area contributed by atoms with Gasteiger partial charge < -0.3 is 9.88 Å². The van der Waals surface area contributed by atoms with Gasteiger partial charge >= 0.3 is 0 Å². The van der Waals surface area contributed by atoms with Gasteiger partial charge in [-0.05, 0) is 13.0 Å². The molecule has 1 fully saturated rings. The fourth-order valence-corrected chi connectivity index (χ4v) is 2.14. The summed E-state index contributed by atoms with van der Waals surface area (Å²) in [6, 6.07) is 6.62. The van der Waals surface area contributed by atoms with E-state index in [1.807, 2.05) is 11.8 Å². The number of rotatable bonds is 2. The fraction of sp³-hybridized carbons (Fsp3) is 0.462. The van der Waals surface area contributed by atoms with E-state index in [1.54, 1.807) is 17.0 Å². The number of aromatic nitrogens is 1. The molecule has 1 atom stereocenters. The Hall–Kier alpha value is -2.13. The first-order valence-corrected chi connectivity index (χ1v) is 6.24. The van der Waals surface area contributed by atoms with E-state index < -0.39 is 0 Å². The maximum absolute atomic E-state index is 12.2. The first-order chi connectivity index (χ1) is 9.11. The van der Waals surface area contributed by atoms with Crippen molar-refractivity contribution in [3.05, 3.63) is 34.2 Å². The van der Waals surface area contributed by atoms with Crippen molar-refractivity contribution in [1.29, 1.82) is 5.26 Å². The van der Waals surface area contributed by atoms with Crippen LogP contribution in [0, 0.1) is 11.3 Å². The molecule has 1 aromatic heterocycles. The summed E-state index contributed by atoms with van der Waals surface area (Å²) >= 11 is 0. The molecule has 2 rings (SSSR count). The van der Waals surface area contributed by atoms with Crippen LogP contribution >= 0.6 is 0 Å². The third kappa shape index (κ3) is 3.01. The molecular weight excluding hydrogens is 244 g/mol. The number of carbonyl (C=O) groups is 1. The Balaban J connectivity index is 2.00. The van der Waals surface area contributed by atoms with Crippen LogP contribution in [0.25, 0.3) is 0 Å². The smallest absolute Gasteiger partial charge is 0.270 e. The van der Waals surface area contributed by atoms with Crippen molar-refractivity contribution in [2.75, 3.05) is 26.2 Å². The number of amides is 1. The zero-order chi connectivity index (χ0) is 13.8. The summed E-state index contributed by atoms with van der Waals surface area (Å²) in [6.45, 7) is 4.35. The first kappa shape index (κ1) is 13.3. The van der Waals surface area contributed by atoms with Gasteiger partial charge in [0.05, 0.1) is 12.1 Å². The molecule has 1 N–H and O–H groups in total. The van der Waals surface area contributed by atoms with Gasteiger partial charge in [-0.15, -0.1) is 0 Å². The van der Waals surface area contributed by atoms with Crippen LogP contribution in [0.1, 0.15) is 17.4 Å². The molecule has 0 bridgehead atoms. The Labute approximate surface area is 111 Å². The van der Waals surface area contributed by atoms with E-state index in [1.165, 1.54) is 6.07 Å². The van der Waals surface area contributed by atoms with Crippen LogP contribution in [0.5, 0.6) is 0 Å². The van der Waals surface area contributed by atoms with Crippen molar-refractivity contribution in [2.45, 2.75) is 13.0 Å². The number of carbonyl (C=O) groups excluding carboxylic acids is 1. The fourth-order valence-electron chi connectivity index (χ4n) is 2.14. The first-order valence-electron chi connectivity index (χ1n) is 6.24. The maximum atomic E-state index is 12.2. The van der Waals surface area contributed by atoms with Crippen LogP contribution < -0.4 is 5.56 Å². The molecule has 0 radical (unpaired) electrons. The molecule has 6 nitrogen and oxygen atoms in total. The van der Waals surface area contributed by atoms with E-state index in [4.69, 9.17) is 5.26 Å². The highest BCUT2D eigenvalue weighted by Crippen LogP contribution is 2.08. The van der Waals surface area contributed by atoms with E-state index in [0.29, 0.717) is 31.9 Å². The molecule has 1 aromatic rings. The SMILES string of the molecule is CC(C#N)N1CCN(C(=O)c2cccc(=O)[nH]2)CC1. The molecule has 1 saturated heterocycles. The highest BCUT2D eigenvalue weighted by molar-refractivity contribution is 5.92. The number of nitrogens with one attached hydrogen (secondary N) is 1. The van der Waals surface area contributed by atoms with Crippen LogP contribution in [0.2, 0.25) is 0 Å². The number of H-pyrrole nitrogens is 1. The zero-order valence-corrected chi connectivity index (χ0v) is 10.8. The van der Waals surface area contributed by atoms with E-state index in [2.05, 4.69) is 11.1 Å². The van der Waals surface area contributed by atoms with E-state index in [0.717, 1.165) is 0 Å². The molecule has 19 heavy (non-hydrogen) atoms. The highest BCUT2D eigenvalue weighted by atomic mass is 16.2. The average molecular weight is 260 g/mol. The van der Waals surface area contributed by atoms with Crippen molar-refractivity contribution in [3.8, 4) is 6.07 Å². The molecule has 0 spiro atoms. The summed E-state index contributed by atoms with van der Waals surface area (Å²) in [4.78, 5) is 29.6. The minimum atomic E-state index is -0.275. The number of hydrogen-bond donors (Lipinski definition) is 1. The highest BCUT2D eigenvalue weighted by Gasteiger charge is 2.24. The molecule has 0 aliphatic carbocycles. The Morgan fingerprint density at radius 3 is 2.63 bits per heavy atom. The van der Waals surface area contributed by atoms with Crippen LogP contribution in [0.3, 0.4) is 0 Å². The molecule has 1 aliphatic rings. The van der Waals surface area contributed by atoms with Gasteiger partial charge in [0, 0.05) is 32.2 Å². The van der Waals surface area contributed by atoms with Crippen molar-refractivity contribution in [2.24, 2.45) is 0 Å². The molecule has 1 unspecified atom stereocenters. The Bertz CT molecular complexity index is 552. The molecule has 0 saturated carbocycles. The zero-order valence-electron chi connectivity index (χ0n) is 10.8. The summed E-state index contributed by atoms with van der Waals surface area (Å²) in [5.41, 5.74) is 0.0388. The average Bonchev–Trinajstić information content (AvgIpc) is 2.46. The van der Waals surface area contributed by atoms with Crippen LogP contribution in [0.15, 0.2) is 23.0 Å². The lowest BCUT2D eigenvalue weighted by molar-refractivity contribution is 0.0610. The van der Waals surface area contributed by atoms with Crippen molar-refractivity contribution in [3.63, 3.8) is 0 Å². The second-order valence-corrected chi connectivity index (χ2v) is 4.56. The van der Waals surface area contributed by atoms with E-state index in [9.17, 15) is 9.59 Å². The summed E-state index contributed by atoms with van der Waals surface area (Å²) in [5.74, 6) is -0.165. The summed E-state index contributed by atoms with van der Waals surface area (Å²) in [6.07, 6.45) is 0. The summed E-state index contributed by atoms with van der Waals surface area (Å²) in [5, 5.41) is 8.86. The van der Waals surface area contributed by atoms with Gasteiger partial charge in [0.25, 0.3) is 5.91 Å². The predicted molar refractivity (Wildman–Crippen MR) is 69.6 cm³/mol. The van der Waals surface area contributed by atoms with Crippen molar-refractivity contribution >= 4 is 5.91 Å². The number of nitriles is 1. The minimum absolute atomic E-state index is 0.131. The quantitative estimate of drug-likeness (QED) is 0.814. The van der Waals surface area contributed by atoms with E-state index >= 15 is 0 Å². The van der Waals surface area contributed by atoms with Gasteiger partial charge in [-0.2, -0.15) is 5.26 Å². The summed E-state index contributed by atoms with van der Waals surface area (Å²) < 4.78 is 0. The number of nitrogens with zero attached hydrogens (tertiary/aromatic N) is 3. The maximum Gasteiger partial charge on any atom is 0.270 e. The van der Waals surface area contributed by atoms with Gasteiger partial charge in [-0.3, -0.25) is 14.5 Å². The molecular formula is C13H16N4O2. The Morgan fingerprint density at radius 2 is 2.05 bits per heavy atom. The molecule has 1 aliphatic heterocycles. The summed E-state index contributed by atoms with van der Waals surface area (Å²) in [7, 11) is 0. The third-order valence-electron chi connectivity index (χ3n) is 3.33. The lowest BCUT2D eigenvalue weighted by Crippen LogP contribution is -2.51. The lowest BCUT2D eigenvalue weighted by Gasteiger charge is -2.35. The van der Waals surface area contributed by atoms with Crippen molar-refractivity contribution in [1.82, 2.24) is 14.8 Å². The van der Waals surface area contributed by atoms with Gasteiger partial charge in [0.1, 0.15) is 5.69 Å². The largest absolute Gasteiger partial charge is 0.335 e. The van der Waals surface area contributed by atoms with Crippen LogP contribution in [0.4, 0.5) is 0 Å². The molecule has 100 valence electrons.